The summed E-state index contributed by atoms with van der Waals surface area (Å²) in [5.74, 6) is -0.0434. The summed E-state index contributed by atoms with van der Waals surface area (Å²) in [5.41, 5.74) is 7.42. The summed E-state index contributed by atoms with van der Waals surface area (Å²) in [7, 11) is -2.21. The van der Waals surface area contributed by atoms with Crippen LogP contribution in [0.3, 0.4) is 0 Å². The lowest BCUT2D eigenvalue weighted by atomic mass is 9.72. The van der Waals surface area contributed by atoms with Crippen molar-refractivity contribution in [3.8, 4) is 11.1 Å². The maximum Gasteiger partial charge on any atom is 0.335 e. The molecule has 0 saturated carbocycles. The van der Waals surface area contributed by atoms with Gasteiger partial charge in [0.2, 0.25) is 0 Å². The zero-order valence-corrected chi connectivity index (χ0v) is 42.2. The molecule has 12 rings (SSSR count). The Hall–Kier alpha value is -7.07. The third kappa shape index (κ3) is 9.30. The monoisotopic (exact) mass is 996 g/mol. The van der Waals surface area contributed by atoms with Crippen LogP contribution in [0.4, 0.5) is 0 Å². The average molecular weight is 997 g/mol. The molecule has 0 spiro atoms. The van der Waals surface area contributed by atoms with E-state index in [1.165, 1.54) is 0 Å². The van der Waals surface area contributed by atoms with Gasteiger partial charge in [0, 0.05) is 0 Å². The molecule has 0 bridgehead atoms. The molecule has 4 heterocycles. The van der Waals surface area contributed by atoms with Crippen molar-refractivity contribution in [3.63, 3.8) is 0 Å². The maximum absolute atomic E-state index is 7.65. The molecule has 0 unspecified atom stereocenters. The van der Waals surface area contributed by atoms with E-state index in [0.717, 1.165) is 55.6 Å². The number of hydrogen-bond acceptors (Lipinski definition) is 9. The number of ether oxygens (including phenoxy) is 4. The molecule has 8 aromatic carbocycles. The van der Waals surface area contributed by atoms with Crippen molar-refractivity contribution in [2.45, 2.75) is 68.2 Å². The largest absolute Gasteiger partial charge is 0.478 e. The Morgan fingerprint density at radius 1 is 0.500 bits per heavy atom. The second-order valence-electron chi connectivity index (χ2n) is 19.6. The molecule has 74 heavy (non-hydrogen) atoms. The summed E-state index contributed by atoms with van der Waals surface area (Å²) < 4.78 is 49.8. The summed E-state index contributed by atoms with van der Waals surface area (Å²) in [6.45, 7) is 5.02. The van der Waals surface area contributed by atoms with E-state index < -0.39 is 37.8 Å². The van der Waals surface area contributed by atoms with Gasteiger partial charge >= 0.3 is 8.60 Å². The Balaban J connectivity index is 0.913. The summed E-state index contributed by atoms with van der Waals surface area (Å²) in [5, 5.41) is 0. The highest BCUT2D eigenvalue weighted by Gasteiger charge is 2.67. The van der Waals surface area contributed by atoms with Gasteiger partial charge in [-0.2, -0.15) is 0 Å². The van der Waals surface area contributed by atoms with Crippen molar-refractivity contribution < 1.29 is 32.5 Å². The molecule has 0 radical (unpaired) electrons. The van der Waals surface area contributed by atoms with Crippen LogP contribution in [0.5, 0.6) is 0 Å². The topological polar surface area (TPSA) is 89.3 Å². The van der Waals surface area contributed by atoms with E-state index in [9.17, 15) is 0 Å². The van der Waals surface area contributed by atoms with E-state index in [1.807, 2.05) is 129 Å². The summed E-state index contributed by atoms with van der Waals surface area (Å²) >= 11 is 0. The zero-order chi connectivity index (χ0) is 50.0. The SMILES string of the molecule is CC1(C)O[C@@H]2[C@@H](O1)C(c1ccccc1)(c1ccccc1)OP(OCc1ccccc1-c1cccc(CC(C3=N[C@@H](c4ccccc4)CO3)C3=N[C@@H](c4ccccc4)CO3)c1)OC2(c1ccccc1)c1ccccc1. The minimum atomic E-state index is -2.21. The Labute approximate surface area is 434 Å². The molecule has 4 atom stereocenters. The van der Waals surface area contributed by atoms with Crippen LogP contribution in [0, 0.1) is 5.92 Å². The van der Waals surface area contributed by atoms with Gasteiger partial charge in [0.25, 0.3) is 0 Å². The Kier molecular flexibility index (Phi) is 13.4. The number of hydrogen-bond donors (Lipinski definition) is 0. The van der Waals surface area contributed by atoms with Crippen LogP contribution in [0.2, 0.25) is 0 Å². The molecular weight excluding hydrogens is 940 g/mol. The van der Waals surface area contributed by atoms with E-state index in [4.69, 9.17) is 42.5 Å². The number of aliphatic imine (C=N–C) groups is 2. The van der Waals surface area contributed by atoms with Gasteiger partial charge in [0.05, 0.1) is 6.61 Å². The molecular formula is C64H57N2O7P. The minimum absolute atomic E-state index is 0.107. The summed E-state index contributed by atoms with van der Waals surface area (Å²) in [4.78, 5) is 10.3. The minimum Gasteiger partial charge on any atom is -0.478 e. The van der Waals surface area contributed by atoms with Crippen molar-refractivity contribution >= 4 is 20.4 Å². The lowest BCUT2D eigenvalue weighted by molar-refractivity contribution is -0.176. The van der Waals surface area contributed by atoms with Gasteiger partial charge in [-0.3, -0.25) is 9.05 Å². The van der Waals surface area contributed by atoms with Crippen molar-refractivity contribution in [1.82, 2.24) is 0 Å². The second kappa shape index (κ2) is 20.7. The molecule has 2 saturated heterocycles. The standard InChI is InChI=1S/C64H57N2O7P/c1-62(2)70-58-59(71-62)64(52-35-17-7-18-36-52,53-37-19-8-20-38-53)73-74(72-63(58,50-31-13-5-14-32-50)51-33-15-6-16-34-51)69-42-49-29-21-22-39-54(49)48-30-23-24-45(40-48)41-55(60-65-56(43-67-60)46-25-9-3-10-26-46)61-66-57(44-68-61)47-27-11-4-12-28-47/h3-40,55-59H,41-44H2,1-2H3/t56-,57-,58-,59-/m1/s1. The Morgan fingerprint density at radius 2 is 0.919 bits per heavy atom. The summed E-state index contributed by atoms with van der Waals surface area (Å²) in [6.07, 6.45) is -0.856. The fourth-order valence-corrected chi connectivity index (χ4v) is 12.5. The molecule has 0 aromatic heterocycles. The van der Waals surface area contributed by atoms with Gasteiger partial charge in [-0.05, 0) is 75.9 Å². The van der Waals surface area contributed by atoms with E-state index in [1.54, 1.807) is 0 Å². The van der Waals surface area contributed by atoms with Gasteiger partial charge in [-0.25, -0.2) is 9.98 Å². The van der Waals surface area contributed by atoms with E-state index in [-0.39, 0.29) is 24.6 Å². The van der Waals surface area contributed by atoms with E-state index in [0.29, 0.717) is 31.4 Å². The third-order valence-corrected chi connectivity index (χ3v) is 15.7. The lowest BCUT2D eigenvalue weighted by Crippen LogP contribution is -2.53. The van der Waals surface area contributed by atoms with Gasteiger partial charge in [0.15, 0.2) is 28.8 Å². The first-order chi connectivity index (χ1) is 36.4. The first-order valence-electron chi connectivity index (χ1n) is 25.4. The fourth-order valence-electron chi connectivity index (χ4n) is 11.0. The third-order valence-electron chi connectivity index (χ3n) is 14.5. The second-order valence-corrected chi connectivity index (χ2v) is 20.7. The smallest absolute Gasteiger partial charge is 0.335 e. The number of nitrogens with zero attached hydrogens (tertiary/aromatic N) is 2. The van der Waals surface area contributed by atoms with Crippen molar-refractivity contribution in [3.05, 3.63) is 275 Å². The zero-order valence-electron chi connectivity index (χ0n) is 41.4. The maximum atomic E-state index is 7.65. The highest BCUT2D eigenvalue weighted by Crippen LogP contribution is 2.65. The molecule has 8 aromatic rings. The van der Waals surface area contributed by atoms with E-state index >= 15 is 0 Å². The van der Waals surface area contributed by atoms with Crippen LogP contribution in [-0.4, -0.2) is 43.0 Å². The fraction of sp³-hybridized carbons (Fsp3) is 0.219. The normalized spacial score (nSPS) is 21.7. The van der Waals surface area contributed by atoms with Crippen LogP contribution in [0.15, 0.2) is 241 Å². The molecule has 0 amide bonds. The highest BCUT2D eigenvalue weighted by molar-refractivity contribution is 7.41. The number of rotatable bonds is 14. The van der Waals surface area contributed by atoms with Crippen LogP contribution < -0.4 is 0 Å². The number of fused-ring (bicyclic) bond motifs is 1. The first-order valence-corrected chi connectivity index (χ1v) is 26.5. The quantitative estimate of drug-likeness (QED) is 0.100. The molecule has 9 nitrogen and oxygen atoms in total. The molecule has 370 valence electrons. The summed E-state index contributed by atoms with van der Waals surface area (Å²) in [6, 6.07) is 78.5. The lowest BCUT2D eigenvalue weighted by Gasteiger charge is -2.41. The van der Waals surface area contributed by atoms with Gasteiger partial charge in [0.1, 0.15) is 43.4 Å². The molecule has 2 fully saturated rings. The molecule has 4 aliphatic rings. The Morgan fingerprint density at radius 3 is 1.38 bits per heavy atom. The highest BCUT2D eigenvalue weighted by atomic mass is 31.2. The van der Waals surface area contributed by atoms with Crippen LogP contribution in [-0.2, 0) is 56.7 Å². The van der Waals surface area contributed by atoms with Gasteiger partial charge in [-0.1, -0.05) is 231 Å². The molecule has 0 N–H and O–H groups in total. The predicted octanol–water partition coefficient (Wildman–Crippen LogP) is 14.1. The van der Waals surface area contributed by atoms with Crippen LogP contribution in [0.1, 0.15) is 70.4 Å². The Bertz CT molecular complexity index is 2990. The predicted molar refractivity (Wildman–Crippen MR) is 289 cm³/mol. The van der Waals surface area contributed by atoms with Crippen molar-refractivity contribution in [1.29, 1.82) is 0 Å². The van der Waals surface area contributed by atoms with Crippen molar-refractivity contribution in [2.24, 2.45) is 15.9 Å². The average Bonchev–Trinajstić information content (AvgIpc) is 4.24. The van der Waals surface area contributed by atoms with Crippen LogP contribution >= 0.6 is 8.60 Å². The number of benzene rings is 8. The van der Waals surface area contributed by atoms with Gasteiger partial charge < -0.3 is 23.5 Å². The molecule has 0 aliphatic carbocycles. The van der Waals surface area contributed by atoms with Crippen LogP contribution in [0.25, 0.3) is 11.1 Å². The van der Waals surface area contributed by atoms with Crippen molar-refractivity contribution in [2.75, 3.05) is 13.2 Å². The molecule has 10 heteroatoms. The van der Waals surface area contributed by atoms with E-state index in [2.05, 4.69) is 115 Å². The first kappa shape index (κ1) is 47.9. The molecule has 4 aliphatic heterocycles. The van der Waals surface area contributed by atoms with Gasteiger partial charge in [-0.15, -0.1) is 0 Å².